The van der Waals surface area contributed by atoms with Crippen molar-refractivity contribution in [1.29, 1.82) is 0 Å². The first-order valence-electron chi connectivity index (χ1n) is 7.52. The molecule has 0 unspecified atom stereocenters. The van der Waals surface area contributed by atoms with Crippen LogP contribution in [0.1, 0.15) is 0 Å². The molecular formula is C18H9ClF5NO2S. The van der Waals surface area contributed by atoms with Gasteiger partial charge in [0.2, 0.25) is 0 Å². The molecule has 1 N–H and O–H groups in total. The molecule has 0 radical (unpaired) electrons. The van der Waals surface area contributed by atoms with Crippen LogP contribution in [0, 0.1) is 29.1 Å². The number of hydrogen-bond donors (Lipinski definition) is 1. The van der Waals surface area contributed by atoms with Gasteiger partial charge < -0.3 is 0 Å². The van der Waals surface area contributed by atoms with Gasteiger partial charge in [-0.05, 0) is 29.8 Å². The average Bonchev–Trinajstić information content (AvgIpc) is 2.67. The van der Waals surface area contributed by atoms with Gasteiger partial charge in [0.1, 0.15) is 5.82 Å². The highest BCUT2D eigenvalue weighted by Crippen LogP contribution is 2.38. The number of halogens is 6. The molecule has 3 nitrogen and oxygen atoms in total. The van der Waals surface area contributed by atoms with Crippen molar-refractivity contribution < 1.29 is 30.4 Å². The molecule has 3 aromatic carbocycles. The molecule has 3 rings (SSSR count). The van der Waals surface area contributed by atoms with E-state index in [0.29, 0.717) is 6.07 Å². The summed E-state index contributed by atoms with van der Waals surface area (Å²) in [6.45, 7) is 0. The van der Waals surface area contributed by atoms with Crippen molar-refractivity contribution in [2.75, 3.05) is 4.72 Å². The predicted molar refractivity (Wildman–Crippen MR) is 93.9 cm³/mol. The van der Waals surface area contributed by atoms with E-state index in [-0.39, 0.29) is 9.92 Å². The fourth-order valence-corrected chi connectivity index (χ4v) is 3.65. The van der Waals surface area contributed by atoms with Gasteiger partial charge in [0.05, 0.1) is 15.6 Å². The highest BCUT2D eigenvalue weighted by molar-refractivity contribution is 7.92. The van der Waals surface area contributed by atoms with Gasteiger partial charge >= 0.3 is 0 Å². The maximum atomic E-state index is 14.4. The number of anilines is 1. The Morgan fingerprint density at radius 1 is 0.786 bits per heavy atom. The fourth-order valence-electron chi connectivity index (χ4n) is 2.44. The van der Waals surface area contributed by atoms with Gasteiger partial charge in [0.15, 0.2) is 23.3 Å². The molecule has 0 aromatic heterocycles. The first-order chi connectivity index (χ1) is 13.1. The van der Waals surface area contributed by atoms with Crippen molar-refractivity contribution in [2.24, 2.45) is 0 Å². The molecule has 0 aliphatic carbocycles. The first kappa shape index (κ1) is 20.1. The first-order valence-corrected chi connectivity index (χ1v) is 9.39. The molecule has 0 aliphatic heterocycles. The number of rotatable bonds is 4. The third-order valence-corrected chi connectivity index (χ3v) is 5.44. The summed E-state index contributed by atoms with van der Waals surface area (Å²) in [4.78, 5) is -0.340. The van der Waals surface area contributed by atoms with E-state index in [2.05, 4.69) is 0 Å². The van der Waals surface area contributed by atoms with Gasteiger partial charge in [-0.3, -0.25) is 4.72 Å². The molecule has 0 bridgehead atoms. The zero-order valence-corrected chi connectivity index (χ0v) is 15.2. The second-order valence-corrected chi connectivity index (χ2v) is 7.64. The highest BCUT2D eigenvalue weighted by atomic mass is 35.5. The largest absolute Gasteiger partial charge is 0.276 e. The second kappa shape index (κ2) is 7.40. The van der Waals surface area contributed by atoms with Crippen LogP contribution in [0.4, 0.5) is 27.6 Å². The van der Waals surface area contributed by atoms with Crippen molar-refractivity contribution in [3.05, 3.63) is 82.6 Å². The Balaban J connectivity index is 2.27. The Bertz CT molecular complexity index is 1170. The van der Waals surface area contributed by atoms with E-state index in [0.717, 1.165) is 24.3 Å². The summed E-state index contributed by atoms with van der Waals surface area (Å²) in [5.41, 5.74) is -2.67. The van der Waals surface area contributed by atoms with E-state index in [1.807, 2.05) is 0 Å². The molecule has 0 saturated carbocycles. The van der Waals surface area contributed by atoms with E-state index in [1.165, 1.54) is 18.2 Å². The third-order valence-electron chi connectivity index (χ3n) is 3.77. The summed E-state index contributed by atoms with van der Waals surface area (Å²) in [5.74, 6) is -9.33. The van der Waals surface area contributed by atoms with Crippen LogP contribution < -0.4 is 4.72 Å². The Hall–Kier alpha value is -2.65. The van der Waals surface area contributed by atoms with Crippen molar-refractivity contribution in [1.82, 2.24) is 0 Å². The number of nitrogens with one attached hydrogen (secondary N) is 1. The zero-order chi connectivity index (χ0) is 20.6. The van der Waals surface area contributed by atoms with Crippen LogP contribution in [0.3, 0.4) is 0 Å². The lowest BCUT2D eigenvalue weighted by Crippen LogP contribution is -2.17. The van der Waals surface area contributed by atoms with Crippen LogP contribution in [0.2, 0.25) is 5.02 Å². The van der Waals surface area contributed by atoms with Gasteiger partial charge in [-0.2, -0.15) is 0 Å². The van der Waals surface area contributed by atoms with Crippen LogP contribution >= 0.6 is 11.6 Å². The van der Waals surface area contributed by atoms with Crippen LogP contribution in [-0.2, 0) is 10.0 Å². The minimum atomic E-state index is -4.50. The summed E-state index contributed by atoms with van der Waals surface area (Å²) in [7, 11) is -4.50. The Morgan fingerprint density at radius 2 is 1.39 bits per heavy atom. The summed E-state index contributed by atoms with van der Waals surface area (Å²) < 4.78 is 96.7. The van der Waals surface area contributed by atoms with E-state index < -0.39 is 55.9 Å². The quantitative estimate of drug-likeness (QED) is 0.335. The molecule has 0 fully saturated rings. The summed E-state index contributed by atoms with van der Waals surface area (Å²) in [5, 5.41) is -0.362. The van der Waals surface area contributed by atoms with Crippen molar-refractivity contribution >= 4 is 27.3 Å². The Labute approximate surface area is 161 Å². The standard InChI is InChI=1S/C18H9ClF5NO2S/c19-11-7-6-9(8-12(11)20)13-14(21)15(22)16(23)17(24)18(13)25-28(26,27)10-4-2-1-3-5-10/h1-8,25H. The molecule has 0 atom stereocenters. The lowest BCUT2D eigenvalue weighted by molar-refractivity contribution is 0.413. The monoisotopic (exact) mass is 433 g/mol. The summed E-state index contributed by atoms with van der Waals surface area (Å²) >= 11 is 5.53. The fraction of sp³-hybridized carbons (Fsp3) is 0. The molecule has 0 aliphatic rings. The minimum absolute atomic E-state index is 0.340. The summed E-state index contributed by atoms with van der Waals surface area (Å²) in [6, 6.07) is 9.16. The molecule has 146 valence electrons. The van der Waals surface area contributed by atoms with Crippen LogP contribution in [0.15, 0.2) is 53.4 Å². The molecule has 0 spiro atoms. The second-order valence-electron chi connectivity index (χ2n) is 5.55. The van der Waals surface area contributed by atoms with E-state index >= 15 is 0 Å². The van der Waals surface area contributed by atoms with Crippen LogP contribution in [0.25, 0.3) is 11.1 Å². The maximum Gasteiger partial charge on any atom is 0.262 e. The van der Waals surface area contributed by atoms with Gasteiger partial charge in [0.25, 0.3) is 10.0 Å². The molecule has 0 heterocycles. The van der Waals surface area contributed by atoms with E-state index in [1.54, 1.807) is 4.72 Å². The van der Waals surface area contributed by atoms with Crippen molar-refractivity contribution in [2.45, 2.75) is 4.90 Å². The molecule has 3 aromatic rings. The Kier molecular flexibility index (Phi) is 5.31. The smallest absolute Gasteiger partial charge is 0.262 e. The zero-order valence-electron chi connectivity index (χ0n) is 13.6. The minimum Gasteiger partial charge on any atom is -0.276 e. The number of sulfonamides is 1. The molecule has 0 amide bonds. The molecular weight excluding hydrogens is 425 g/mol. The average molecular weight is 434 g/mol. The lowest BCUT2D eigenvalue weighted by Gasteiger charge is -2.16. The van der Waals surface area contributed by atoms with E-state index in [4.69, 9.17) is 11.6 Å². The van der Waals surface area contributed by atoms with Gasteiger partial charge in [0, 0.05) is 5.56 Å². The van der Waals surface area contributed by atoms with Crippen molar-refractivity contribution in [3.8, 4) is 11.1 Å². The highest BCUT2D eigenvalue weighted by Gasteiger charge is 2.29. The van der Waals surface area contributed by atoms with Gasteiger partial charge in [-0.25, -0.2) is 30.4 Å². The molecule has 10 heteroatoms. The normalized spacial score (nSPS) is 11.5. The van der Waals surface area contributed by atoms with Crippen molar-refractivity contribution in [3.63, 3.8) is 0 Å². The number of benzene rings is 3. The third kappa shape index (κ3) is 3.55. The van der Waals surface area contributed by atoms with Crippen LogP contribution in [-0.4, -0.2) is 8.42 Å². The molecule has 0 saturated heterocycles. The number of hydrogen-bond acceptors (Lipinski definition) is 2. The molecule has 28 heavy (non-hydrogen) atoms. The van der Waals surface area contributed by atoms with Crippen LogP contribution in [0.5, 0.6) is 0 Å². The predicted octanol–water partition coefficient (Wildman–Crippen LogP) is 5.50. The van der Waals surface area contributed by atoms with E-state index in [9.17, 15) is 30.4 Å². The van der Waals surface area contributed by atoms with Gasteiger partial charge in [-0.1, -0.05) is 35.9 Å². The maximum absolute atomic E-state index is 14.4. The Morgan fingerprint density at radius 3 is 2.00 bits per heavy atom. The topological polar surface area (TPSA) is 46.2 Å². The lowest BCUT2D eigenvalue weighted by atomic mass is 10.0. The summed E-state index contributed by atoms with van der Waals surface area (Å²) in [6.07, 6.45) is 0. The SMILES string of the molecule is O=S(=O)(Nc1c(F)c(F)c(F)c(F)c1-c1ccc(Cl)c(F)c1)c1ccccc1. The van der Waals surface area contributed by atoms with Gasteiger partial charge in [-0.15, -0.1) is 0 Å².